The molecule has 0 radical (unpaired) electrons. The molecule has 212 valence electrons. The Bertz CT molecular complexity index is 1500. The number of likely N-dealkylation sites (tertiary alicyclic amines) is 1. The Balaban J connectivity index is 1.51. The van der Waals surface area contributed by atoms with Gasteiger partial charge in [0.1, 0.15) is 12.4 Å². The Morgan fingerprint density at radius 3 is 2.35 bits per heavy atom. The van der Waals surface area contributed by atoms with E-state index in [2.05, 4.69) is 5.32 Å². The van der Waals surface area contributed by atoms with Gasteiger partial charge in [-0.2, -0.15) is 0 Å². The lowest BCUT2D eigenvalue weighted by atomic mass is 10.1. The van der Waals surface area contributed by atoms with Gasteiger partial charge in [-0.3, -0.25) is 13.9 Å². The van der Waals surface area contributed by atoms with Crippen molar-refractivity contribution in [3.63, 3.8) is 0 Å². The molecule has 3 aromatic carbocycles. The van der Waals surface area contributed by atoms with E-state index in [1.54, 1.807) is 0 Å². The summed E-state index contributed by atoms with van der Waals surface area (Å²) in [5.41, 5.74) is 1.78. The van der Waals surface area contributed by atoms with Crippen LogP contribution in [0.4, 0.5) is 10.1 Å². The van der Waals surface area contributed by atoms with Crippen LogP contribution in [0.25, 0.3) is 0 Å². The first kappa shape index (κ1) is 29.2. The lowest BCUT2D eigenvalue weighted by molar-refractivity contribution is -0.128. The molecular weight excluding hydrogens is 561 g/mol. The maximum atomic E-state index is 13.9. The highest BCUT2D eigenvalue weighted by Crippen LogP contribution is 2.33. The Kier molecular flexibility index (Phi) is 9.16. The fourth-order valence-electron chi connectivity index (χ4n) is 4.30. The quantitative estimate of drug-likeness (QED) is 0.361. The number of benzene rings is 3. The molecule has 1 heterocycles. The van der Waals surface area contributed by atoms with Crippen molar-refractivity contribution in [2.45, 2.75) is 30.8 Å². The monoisotopic (exact) mass is 589 g/mol. The average Bonchev–Trinajstić information content (AvgIpc) is 3.36. The largest absolute Gasteiger partial charge is 0.493 e. The predicted molar refractivity (Wildman–Crippen MR) is 148 cm³/mol. The van der Waals surface area contributed by atoms with Gasteiger partial charge in [-0.15, -0.1) is 0 Å². The number of carbonyl (C=O) groups excluding carboxylic acids is 2. The van der Waals surface area contributed by atoms with Crippen LogP contribution in [-0.4, -0.2) is 52.4 Å². The number of hydrogen-bond acceptors (Lipinski definition) is 6. The minimum absolute atomic E-state index is 0.0112. The van der Waals surface area contributed by atoms with E-state index in [-0.39, 0.29) is 33.8 Å². The first-order valence-corrected chi connectivity index (χ1v) is 14.3. The summed E-state index contributed by atoms with van der Waals surface area (Å²) >= 11 is 5.94. The van der Waals surface area contributed by atoms with Crippen molar-refractivity contribution in [1.29, 1.82) is 0 Å². The van der Waals surface area contributed by atoms with Crippen molar-refractivity contribution < 1.29 is 31.9 Å². The number of amides is 2. The standard InChI is InChI=1S/C28H29ClFN3O6S/c1-38-25-12-10-22(15-26(25)39-2)40(36,37)33(21-9-11-24(30)23(29)14-21)18-27(34)31-16-19-5-7-20(8-6-19)17-32-13-3-4-28(32)35/h5-12,14-15H,3-4,13,16-18H2,1-2H3,(H,31,34). The molecule has 0 aliphatic carbocycles. The number of methoxy groups -OCH3 is 2. The van der Waals surface area contributed by atoms with Gasteiger partial charge in [0.05, 0.1) is 29.8 Å². The van der Waals surface area contributed by atoms with Crippen LogP contribution in [0.2, 0.25) is 5.02 Å². The van der Waals surface area contributed by atoms with E-state index in [1.165, 1.54) is 38.5 Å². The van der Waals surface area contributed by atoms with E-state index < -0.39 is 28.3 Å². The second-order valence-electron chi connectivity index (χ2n) is 9.14. The zero-order valence-corrected chi connectivity index (χ0v) is 23.6. The Morgan fingerprint density at radius 1 is 1.02 bits per heavy atom. The highest BCUT2D eigenvalue weighted by Gasteiger charge is 2.29. The molecule has 0 saturated carbocycles. The molecule has 1 fully saturated rings. The molecule has 0 aromatic heterocycles. The van der Waals surface area contributed by atoms with E-state index in [4.69, 9.17) is 21.1 Å². The first-order chi connectivity index (χ1) is 19.1. The second-order valence-corrected chi connectivity index (χ2v) is 11.4. The van der Waals surface area contributed by atoms with E-state index >= 15 is 0 Å². The number of anilines is 1. The lowest BCUT2D eigenvalue weighted by Crippen LogP contribution is -2.40. The summed E-state index contributed by atoms with van der Waals surface area (Å²) in [5.74, 6) is -0.658. The number of nitrogens with zero attached hydrogens (tertiary/aromatic N) is 2. The van der Waals surface area contributed by atoms with Crippen LogP contribution in [0.15, 0.2) is 65.6 Å². The Hall–Kier alpha value is -3.83. The molecular formula is C28H29ClFN3O6S. The molecule has 4 rings (SSSR count). The van der Waals surface area contributed by atoms with Gasteiger partial charge in [-0.05, 0) is 47.9 Å². The number of ether oxygens (including phenoxy) is 2. The molecule has 0 atom stereocenters. The molecule has 40 heavy (non-hydrogen) atoms. The highest BCUT2D eigenvalue weighted by molar-refractivity contribution is 7.92. The van der Waals surface area contributed by atoms with Crippen molar-refractivity contribution in [2.24, 2.45) is 0 Å². The second kappa shape index (κ2) is 12.6. The third-order valence-electron chi connectivity index (χ3n) is 6.48. The number of nitrogens with one attached hydrogen (secondary N) is 1. The SMILES string of the molecule is COc1ccc(S(=O)(=O)N(CC(=O)NCc2ccc(CN3CCCC3=O)cc2)c2ccc(F)c(Cl)c2)cc1OC. The molecule has 0 spiro atoms. The molecule has 1 N–H and O–H groups in total. The number of sulfonamides is 1. The number of halogens is 2. The van der Waals surface area contributed by atoms with Gasteiger partial charge in [-0.1, -0.05) is 35.9 Å². The average molecular weight is 590 g/mol. The van der Waals surface area contributed by atoms with E-state index in [9.17, 15) is 22.4 Å². The summed E-state index contributed by atoms with van der Waals surface area (Å²) in [5, 5.41) is 2.44. The van der Waals surface area contributed by atoms with Crippen LogP contribution >= 0.6 is 11.6 Å². The van der Waals surface area contributed by atoms with Crippen LogP contribution in [0.1, 0.15) is 24.0 Å². The van der Waals surface area contributed by atoms with Crippen LogP contribution in [0, 0.1) is 5.82 Å². The molecule has 12 heteroatoms. The summed E-state index contributed by atoms with van der Waals surface area (Å²) in [6.07, 6.45) is 1.44. The summed E-state index contributed by atoms with van der Waals surface area (Å²) < 4.78 is 52.5. The van der Waals surface area contributed by atoms with Crippen LogP contribution in [0.5, 0.6) is 11.5 Å². The molecule has 3 aromatic rings. The van der Waals surface area contributed by atoms with Crippen LogP contribution in [0.3, 0.4) is 0 Å². The smallest absolute Gasteiger partial charge is 0.264 e. The van der Waals surface area contributed by atoms with E-state index in [0.29, 0.717) is 18.7 Å². The van der Waals surface area contributed by atoms with Gasteiger partial charge in [-0.25, -0.2) is 12.8 Å². The first-order valence-electron chi connectivity index (χ1n) is 12.4. The Morgan fingerprint density at radius 2 is 1.73 bits per heavy atom. The topological polar surface area (TPSA) is 105 Å². The van der Waals surface area contributed by atoms with Crippen molar-refractivity contribution in [3.05, 3.63) is 82.6 Å². The van der Waals surface area contributed by atoms with Crippen LogP contribution in [-0.2, 0) is 32.7 Å². The summed E-state index contributed by atoms with van der Waals surface area (Å²) in [6, 6.07) is 14.9. The van der Waals surface area contributed by atoms with E-state index in [1.807, 2.05) is 29.2 Å². The normalized spacial score (nSPS) is 13.3. The minimum atomic E-state index is -4.32. The van der Waals surface area contributed by atoms with Gasteiger partial charge in [0, 0.05) is 32.1 Å². The van der Waals surface area contributed by atoms with Gasteiger partial charge >= 0.3 is 0 Å². The van der Waals surface area contributed by atoms with Gasteiger partial charge < -0.3 is 19.7 Å². The Labute approximate surface area is 237 Å². The zero-order chi connectivity index (χ0) is 28.9. The van der Waals surface area contributed by atoms with Crippen molar-refractivity contribution >= 4 is 39.1 Å². The van der Waals surface area contributed by atoms with Crippen LogP contribution < -0.4 is 19.1 Å². The molecule has 9 nitrogen and oxygen atoms in total. The van der Waals surface area contributed by atoms with Crippen molar-refractivity contribution in [1.82, 2.24) is 10.2 Å². The fraction of sp³-hybridized carbons (Fsp3) is 0.286. The number of rotatable bonds is 11. The van der Waals surface area contributed by atoms with Gasteiger partial charge in [0.15, 0.2) is 11.5 Å². The summed E-state index contributed by atoms with van der Waals surface area (Å²) in [4.78, 5) is 26.5. The summed E-state index contributed by atoms with van der Waals surface area (Å²) in [6.45, 7) is 0.845. The predicted octanol–water partition coefficient (Wildman–Crippen LogP) is 4.13. The molecule has 1 saturated heterocycles. The maximum absolute atomic E-state index is 13.9. The van der Waals surface area contributed by atoms with Gasteiger partial charge in [0.2, 0.25) is 11.8 Å². The fourth-order valence-corrected chi connectivity index (χ4v) is 5.90. The molecule has 0 bridgehead atoms. The third-order valence-corrected chi connectivity index (χ3v) is 8.54. The molecule has 0 unspecified atom stereocenters. The molecule has 1 aliphatic heterocycles. The zero-order valence-electron chi connectivity index (χ0n) is 22.0. The maximum Gasteiger partial charge on any atom is 0.264 e. The lowest BCUT2D eigenvalue weighted by Gasteiger charge is -2.25. The van der Waals surface area contributed by atoms with Crippen molar-refractivity contribution in [2.75, 3.05) is 31.6 Å². The minimum Gasteiger partial charge on any atom is -0.493 e. The molecule has 1 aliphatic rings. The van der Waals surface area contributed by atoms with Gasteiger partial charge in [0.25, 0.3) is 10.0 Å². The molecule has 2 amide bonds. The number of carbonyl (C=O) groups is 2. The summed E-state index contributed by atoms with van der Waals surface area (Å²) in [7, 11) is -1.52. The van der Waals surface area contributed by atoms with E-state index in [0.717, 1.165) is 40.5 Å². The number of hydrogen-bond donors (Lipinski definition) is 1. The highest BCUT2D eigenvalue weighted by atomic mass is 35.5. The third kappa shape index (κ3) is 6.65. The van der Waals surface area contributed by atoms with Crippen molar-refractivity contribution in [3.8, 4) is 11.5 Å².